The molecule has 24 heavy (non-hydrogen) atoms. The van der Waals surface area contributed by atoms with E-state index in [0.29, 0.717) is 24.6 Å². The molecule has 5 heteroatoms. The van der Waals surface area contributed by atoms with Crippen LogP contribution in [0.4, 0.5) is 0 Å². The fourth-order valence-electron chi connectivity index (χ4n) is 3.16. The number of amides is 1. The van der Waals surface area contributed by atoms with Crippen molar-refractivity contribution in [1.82, 2.24) is 15.5 Å². The molecule has 0 saturated carbocycles. The molecule has 1 aliphatic carbocycles. The molecule has 0 spiro atoms. The minimum Gasteiger partial charge on any atom is -0.349 e. The van der Waals surface area contributed by atoms with Crippen LogP contribution in [0.25, 0.3) is 0 Å². The molecule has 0 radical (unpaired) electrons. The van der Waals surface area contributed by atoms with Gasteiger partial charge in [-0.05, 0) is 30.4 Å². The quantitative estimate of drug-likeness (QED) is 0.850. The van der Waals surface area contributed by atoms with Crippen LogP contribution in [0.5, 0.6) is 0 Å². The van der Waals surface area contributed by atoms with Gasteiger partial charge in [0.25, 0.3) is 0 Å². The third kappa shape index (κ3) is 4.02. The lowest BCUT2D eigenvalue weighted by atomic mass is 9.99. The van der Waals surface area contributed by atoms with Crippen molar-refractivity contribution < 1.29 is 9.32 Å². The second kappa shape index (κ2) is 7.60. The van der Waals surface area contributed by atoms with Crippen molar-refractivity contribution in [3.63, 3.8) is 0 Å². The molecule has 0 unspecified atom stereocenters. The van der Waals surface area contributed by atoms with E-state index in [0.717, 1.165) is 19.3 Å². The highest BCUT2D eigenvalue weighted by molar-refractivity contribution is 5.76. The fourth-order valence-corrected chi connectivity index (χ4v) is 3.16. The van der Waals surface area contributed by atoms with Gasteiger partial charge in [0.15, 0.2) is 5.82 Å². The van der Waals surface area contributed by atoms with E-state index >= 15 is 0 Å². The van der Waals surface area contributed by atoms with Crippen molar-refractivity contribution in [2.75, 3.05) is 0 Å². The fraction of sp³-hybridized carbons (Fsp3) is 0.526. The Morgan fingerprint density at radius 2 is 2.17 bits per heavy atom. The second-order valence-electron chi connectivity index (χ2n) is 6.77. The molecule has 128 valence electrons. The molecule has 1 heterocycles. The Kier molecular flexibility index (Phi) is 5.28. The maximum absolute atomic E-state index is 12.3. The van der Waals surface area contributed by atoms with E-state index in [1.807, 2.05) is 13.8 Å². The first-order valence-electron chi connectivity index (χ1n) is 8.83. The molecule has 2 aromatic rings. The third-order valence-corrected chi connectivity index (χ3v) is 4.52. The van der Waals surface area contributed by atoms with Crippen LogP contribution in [0.2, 0.25) is 0 Å². The summed E-state index contributed by atoms with van der Waals surface area (Å²) in [5, 5.41) is 7.12. The number of aromatic nitrogens is 2. The molecule has 1 aromatic carbocycles. The number of nitrogens with one attached hydrogen (secondary N) is 1. The first-order valence-corrected chi connectivity index (χ1v) is 8.83. The van der Waals surface area contributed by atoms with Crippen LogP contribution in [0.15, 0.2) is 28.8 Å². The van der Waals surface area contributed by atoms with Gasteiger partial charge in [-0.2, -0.15) is 4.98 Å². The molecule has 0 aliphatic heterocycles. The summed E-state index contributed by atoms with van der Waals surface area (Å²) in [7, 11) is 0. The summed E-state index contributed by atoms with van der Waals surface area (Å²) in [6, 6.07) is 8.55. The number of aryl methyl sites for hydroxylation is 2. The minimum atomic E-state index is 0.0426. The summed E-state index contributed by atoms with van der Waals surface area (Å²) in [6.45, 7) is 4.04. The SMILES string of the molecule is CC(C)c1noc(CCC(=O)N[C@@H]2CCCCc3ccccc32)n1. The first kappa shape index (κ1) is 16.7. The Balaban J connectivity index is 1.58. The zero-order valence-electron chi connectivity index (χ0n) is 14.4. The number of nitrogens with zero attached hydrogens (tertiary/aromatic N) is 2. The van der Waals surface area contributed by atoms with E-state index in [1.54, 1.807) is 0 Å². The van der Waals surface area contributed by atoms with E-state index in [9.17, 15) is 4.79 Å². The highest BCUT2D eigenvalue weighted by Gasteiger charge is 2.20. The van der Waals surface area contributed by atoms with Gasteiger partial charge in [-0.1, -0.05) is 49.7 Å². The van der Waals surface area contributed by atoms with E-state index in [2.05, 4.69) is 39.7 Å². The van der Waals surface area contributed by atoms with Gasteiger partial charge in [-0.3, -0.25) is 4.79 Å². The van der Waals surface area contributed by atoms with Crippen LogP contribution in [0.1, 0.15) is 74.3 Å². The van der Waals surface area contributed by atoms with Gasteiger partial charge in [-0.25, -0.2) is 0 Å². The van der Waals surface area contributed by atoms with Gasteiger partial charge in [0, 0.05) is 18.8 Å². The summed E-state index contributed by atoms with van der Waals surface area (Å²) in [5.41, 5.74) is 2.63. The predicted octanol–water partition coefficient (Wildman–Crippen LogP) is 3.71. The molecule has 5 nitrogen and oxygen atoms in total. The predicted molar refractivity (Wildman–Crippen MR) is 91.6 cm³/mol. The van der Waals surface area contributed by atoms with Gasteiger partial charge in [-0.15, -0.1) is 0 Å². The second-order valence-corrected chi connectivity index (χ2v) is 6.77. The molecule has 1 atom stereocenters. The van der Waals surface area contributed by atoms with Gasteiger partial charge in [0.05, 0.1) is 6.04 Å². The minimum absolute atomic E-state index is 0.0426. The van der Waals surface area contributed by atoms with E-state index in [-0.39, 0.29) is 17.9 Å². The summed E-state index contributed by atoms with van der Waals surface area (Å²) in [6.07, 6.45) is 5.28. The molecule has 3 rings (SSSR count). The Bertz CT molecular complexity index is 693. The van der Waals surface area contributed by atoms with Crippen LogP contribution in [0.3, 0.4) is 0 Å². The highest BCUT2D eigenvalue weighted by Crippen LogP contribution is 2.28. The number of hydrogen-bond acceptors (Lipinski definition) is 4. The smallest absolute Gasteiger partial charge is 0.227 e. The molecule has 1 amide bonds. The topological polar surface area (TPSA) is 68.0 Å². The van der Waals surface area contributed by atoms with Crippen LogP contribution < -0.4 is 5.32 Å². The Morgan fingerprint density at radius 3 is 2.96 bits per heavy atom. The Labute approximate surface area is 142 Å². The number of hydrogen-bond donors (Lipinski definition) is 1. The normalized spacial score (nSPS) is 17.4. The van der Waals surface area contributed by atoms with Crippen molar-refractivity contribution in [3.8, 4) is 0 Å². The Hall–Kier alpha value is -2.17. The highest BCUT2D eigenvalue weighted by atomic mass is 16.5. The van der Waals surface area contributed by atoms with E-state index in [1.165, 1.54) is 17.5 Å². The van der Waals surface area contributed by atoms with E-state index in [4.69, 9.17) is 4.52 Å². The molecule has 0 bridgehead atoms. The lowest BCUT2D eigenvalue weighted by molar-refractivity contribution is -0.121. The Morgan fingerprint density at radius 1 is 1.33 bits per heavy atom. The molecule has 0 saturated heterocycles. The molecule has 1 aromatic heterocycles. The van der Waals surface area contributed by atoms with Crippen molar-refractivity contribution >= 4 is 5.91 Å². The average molecular weight is 327 g/mol. The monoisotopic (exact) mass is 327 g/mol. The van der Waals surface area contributed by atoms with Crippen LogP contribution in [-0.4, -0.2) is 16.0 Å². The zero-order valence-corrected chi connectivity index (χ0v) is 14.4. The summed E-state index contributed by atoms with van der Waals surface area (Å²) < 4.78 is 5.20. The first-order chi connectivity index (χ1) is 11.6. The van der Waals surface area contributed by atoms with Crippen molar-refractivity contribution in [2.24, 2.45) is 0 Å². The summed E-state index contributed by atoms with van der Waals surface area (Å²) >= 11 is 0. The van der Waals surface area contributed by atoms with Crippen molar-refractivity contribution in [2.45, 2.75) is 64.3 Å². The number of carbonyl (C=O) groups is 1. The van der Waals surface area contributed by atoms with Crippen LogP contribution in [-0.2, 0) is 17.6 Å². The molecular formula is C19H25N3O2. The number of fused-ring (bicyclic) bond motifs is 1. The lowest BCUT2D eigenvalue weighted by Crippen LogP contribution is -2.28. The van der Waals surface area contributed by atoms with Gasteiger partial charge < -0.3 is 9.84 Å². The summed E-state index contributed by atoms with van der Waals surface area (Å²) in [4.78, 5) is 16.7. The maximum Gasteiger partial charge on any atom is 0.227 e. The molecular weight excluding hydrogens is 302 g/mol. The molecule has 1 aliphatic rings. The zero-order chi connectivity index (χ0) is 16.9. The largest absolute Gasteiger partial charge is 0.349 e. The molecule has 0 fully saturated rings. The van der Waals surface area contributed by atoms with Gasteiger partial charge in [0.1, 0.15) is 0 Å². The maximum atomic E-state index is 12.3. The standard InChI is InChI=1S/C19H25N3O2/c1-13(2)19-21-18(24-22-19)12-11-17(23)20-16-10-6-4-8-14-7-3-5-9-15(14)16/h3,5,7,9,13,16H,4,6,8,10-12H2,1-2H3,(H,20,23)/t16-/m1/s1. The van der Waals surface area contributed by atoms with Crippen molar-refractivity contribution in [3.05, 3.63) is 47.1 Å². The number of benzene rings is 1. The van der Waals surface area contributed by atoms with Gasteiger partial charge in [0.2, 0.25) is 11.8 Å². The van der Waals surface area contributed by atoms with Crippen molar-refractivity contribution in [1.29, 1.82) is 0 Å². The summed E-state index contributed by atoms with van der Waals surface area (Å²) in [5.74, 6) is 1.51. The molecule has 1 N–H and O–H groups in total. The lowest BCUT2D eigenvalue weighted by Gasteiger charge is -2.19. The number of carbonyl (C=O) groups excluding carboxylic acids is 1. The van der Waals surface area contributed by atoms with Crippen LogP contribution in [0, 0.1) is 0 Å². The van der Waals surface area contributed by atoms with E-state index < -0.39 is 0 Å². The number of rotatable bonds is 5. The van der Waals surface area contributed by atoms with Crippen LogP contribution >= 0.6 is 0 Å². The van der Waals surface area contributed by atoms with Gasteiger partial charge >= 0.3 is 0 Å². The average Bonchev–Trinajstić information content (AvgIpc) is 2.97. The third-order valence-electron chi connectivity index (χ3n) is 4.52.